The highest BCUT2D eigenvalue weighted by atomic mass is 79.9. The molecule has 246 valence electrons. The van der Waals surface area contributed by atoms with Crippen LogP contribution in [0, 0.1) is 38.9 Å². The minimum atomic E-state index is -0.853. The Bertz CT molecular complexity index is 2150. The number of carbonyl (C=O) groups is 3. The molecule has 2 amide bonds. The number of fused-ring (bicyclic) bond motifs is 2. The average molecular weight is 717 g/mol. The van der Waals surface area contributed by atoms with Gasteiger partial charge in [0, 0.05) is 48.1 Å². The molecule has 7 rings (SSSR count). The molecule has 1 aromatic carbocycles. The minimum absolute atomic E-state index is 0.0332. The standard InChI is InChI=1S/C33H31BrFN9O4/c1-15-6-20(21-12-36-18(4)37-13-21)8-22-28(17(3)45)41-43(29(15)22)14-27(46)44-24(32(47)40-31-16(2)7-23(35)30(34)39-31)9-33(10-25(33)44)11-26-38-19(5)42-48-26/h6-8,12-13,24-25H,9-11,14H2,1-5H3,(H,39,40,47)/t24-,25?,33-/m0/s1. The van der Waals surface area contributed by atoms with Gasteiger partial charge in [-0.3, -0.25) is 19.1 Å². The number of amides is 2. The molecule has 1 saturated heterocycles. The number of nitrogens with one attached hydrogen (secondary N) is 1. The Morgan fingerprint density at radius 1 is 1.02 bits per heavy atom. The third kappa shape index (κ3) is 5.55. The van der Waals surface area contributed by atoms with Gasteiger partial charge in [0.05, 0.1) is 5.52 Å². The first-order valence-electron chi connectivity index (χ1n) is 15.4. The van der Waals surface area contributed by atoms with Crippen molar-refractivity contribution in [2.45, 2.75) is 72.5 Å². The zero-order chi connectivity index (χ0) is 34.1. The highest BCUT2D eigenvalue weighted by Crippen LogP contribution is 2.61. The summed E-state index contributed by atoms with van der Waals surface area (Å²) in [7, 11) is 0. The Labute approximate surface area is 282 Å². The predicted molar refractivity (Wildman–Crippen MR) is 174 cm³/mol. The van der Waals surface area contributed by atoms with Crippen molar-refractivity contribution in [2.24, 2.45) is 5.41 Å². The summed E-state index contributed by atoms with van der Waals surface area (Å²) >= 11 is 3.08. The number of benzene rings is 1. The normalized spacial score (nSPS) is 19.9. The van der Waals surface area contributed by atoms with Crippen molar-refractivity contribution in [2.75, 3.05) is 5.32 Å². The second kappa shape index (κ2) is 11.6. The lowest BCUT2D eigenvalue weighted by Gasteiger charge is -2.27. The minimum Gasteiger partial charge on any atom is -0.339 e. The van der Waals surface area contributed by atoms with Crippen molar-refractivity contribution >= 4 is 50.2 Å². The van der Waals surface area contributed by atoms with E-state index in [1.165, 1.54) is 13.0 Å². The van der Waals surface area contributed by atoms with Crippen LogP contribution < -0.4 is 5.32 Å². The van der Waals surface area contributed by atoms with Crippen LogP contribution in [0.4, 0.5) is 10.2 Å². The number of aromatic nitrogens is 7. The molecule has 13 nitrogen and oxygen atoms in total. The molecule has 1 N–H and O–H groups in total. The number of nitrogens with zero attached hydrogens (tertiary/aromatic N) is 8. The Morgan fingerprint density at radius 3 is 2.46 bits per heavy atom. The zero-order valence-electron chi connectivity index (χ0n) is 26.8. The zero-order valence-corrected chi connectivity index (χ0v) is 28.4. The summed E-state index contributed by atoms with van der Waals surface area (Å²) in [5, 5.41) is 11.9. The summed E-state index contributed by atoms with van der Waals surface area (Å²) in [5.74, 6) is 0.209. The Balaban J connectivity index is 1.22. The van der Waals surface area contributed by atoms with Gasteiger partial charge in [-0.25, -0.2) is 19.3 Å². The van der Waals surface area contributed by atoms with Gasteiger partial charge in [-0.15, -0.1) is 0 Å². The molecule has 48 heavy (non-hydrogen) atoms. The van der Waals surface area contributed by atoms with E-state index in [-0.39, 0.29) is 40.4 Å². The number of likely N-dealkylation sites (tertiary alicyclic amines) is 1. The monoisotopic (exact) mass is 715 g/mol. The Hall–Kier alpha value is -4.92. The van der Waals surface area contributed by atoms with Gasteiger partial charge in [0.2, 0.25) is 17.7 Å². The van der Waals surface area contributed by atoms with Crippen LogP contribution in [0.3, 0.4) is 0 Å². The molecule has 4 aromatic heterocycles. The van der Waals surface area contributed by atoms with E-state index in [2.05, 4.69) is 51.4 Å². The smallest absolute Gasteiger partial charge is 0.248 e. The average Bonchev–Trinajstić information content (AvgIpc) is 3.28. The molecule has 0 spiro atoms. The quantitative estimate of drug-likeness (QED) is 0.174. The Morgan fingerprint density at radius 2 is 1.77 bits per heavy atom. The van der Waals surface area contributed by atoms with Gasteiger partial charge in [-0.2, -0.15) is 10.1 Å². The van der Waals surface area contributed by atoms with Gasteiger partial charge in [0.15, 0.2) is 17.4 Å². The molecule has 2 fully saturated rings. The van der Waals surface area contributed by atoms with Crippen LogP contribution in [0.2, 0.25) is 0 Å². The lowest BCUT2D eigenvalue weighted by Crippen LogP contribution is -2.47. The summed E-state index contributed by atoms with van der Waals surface area (Å²) in [4.78, 5) is 59.7. The molecule has 1 saturated carbocycles. The number of piperidine rings is 1. The predicted octanol–water partition coefficient (Wildman–Crippen LogP) is 4.85. The third-order valence-electron chi connectivity index (χ3n) is 9.21. The molecular weight excluding hydrogens is 685 g/mol. The number of Topliss-reactive ketones (excluding diaryl/α,β-unsaturated/α-hetero) is 1. The van der Waals surface area contributed by atoms with Gasteiger partial charge in [-0.1, -0.05) is 5.16 Å². The van der Waals surface area contributed by atoms with Crippen molar-refractivity contribution < 1.29 is 23.3 Å². The number of hydrogen-bond donors (Lipinski definition) is 1. The first kappa shape index (κ1) is 31.7. The summed E-state index contributed by atoms with van der Waals surface area (Å²) in [6, 6.07) is 3.97. The first-order chi connectivity index (χ1) is 22.8. The van der Waals surface area contributed by atoms with Crippen LogP contribution in [-0.4, -0.2) is 69.5 Å². The van der Waals surface area contributed by atoms with Crippen molar-refractivity contribution in [3.63, 3.8) is 0 Å². The fraction of sp³-hybridized carbons (Fsp3) is 0.364. The van der Waals surface area contributed by atoms with E-state index < -0.39 is 23.2 Å². The molecule has 1 unspecified atom stereocenters. The number of hydrogen-bond acceptors (Lipinski definition) is 10. The second-order valence-corrected chi connectivity index (χ2v) is 13.5. The van der Waals surface area contributed by atoms with Gasteiger partial charge in [0.1, 0.15) is 34.5 Å². The van der Waals surface area contributed by atoms with E-state index in [9.17, 15) is 18.8 Å². The van der Waals surface area contributed by atoms with Gasteiger partial charge in [0.25, 0.3) is 0 Å². The second-order valence-electron chi connectivity index (χ2n) is 12.7. The summed E-state index contributed by atoms with van der Waals surface area (Å²) in [6.07, 6.45) is 4.87. The molecule has 1 aliphatic carbocycles. The van der Waals surface area contributed by atoms with Crippen molar-refractivity contribution in [1.82, 2.24) is 39.8 Å². The van der Waals surface area contributed by atoms with Crippen LogP contribution >= 0.6 is 15.9 Å². The molecule has 5 heterocycles. The van der Waals surface area contributed by atoms with E-state index in [4.69, 9.17) is 4.52 Å². The topological polar surface area (TPSA) is 162 Å². The van der Waals surface area contributed by atoms with E-state index in [0.717, 1.165) is 16.7 Å². The number of pyridine rings is 1. The lowest BCUT2D eigenvalue weighted by atomic mass is 9.95. The SMILES string of the molecule is CC(=O)c1nn(CC(=O)N2C3C[C@]3(Cc3nc(C)no3)C[C@H]2C(=O)Nc2nc(Br)c(F)cc2C)c2c(C)cc(-c3cnc(C)nc3)cc12. The molecular formula is C33H31BrFN9O4. The molecule has 0 radical (unpaired) electrons. The first-order valence-corrected chi connectivity index (χ1v) is 16.2. The van der Waals surface area contributed by atoms with Crippen LogP contribution in [0.1, 0.15) is 58.9 Å². The number of aryl methyl sites for hydroxylation is 4. The van der Waals surface area contributed by atoms with Crippen molar-refractivity contribution in [3.05, 3.63) is 75.4 Å². The van der Waals surface area contributed by atoms with Crippen molar-refractivity contribution in [3.8, 4) is 11.1 Å². The highest BCUT2D eigenvalue weighted by molar-refractivity contribution is 9.10. The fourth-order valence-electron chi connectivity index (χ4n) is 6.89. The summed E-state index contributed by atoms with van der Waals surface area (Å²) in [6.45, 7) is 8.31. The number of carbonyl (C=O) groups excluding carboxylic acids is 3. The largest absolute Gasteiger partial charge is 0.339 e. The molecule has 3 atom stereocenters. The van der Waals surface area contributed by atoms with Gasteiger partial charge < -0.3 is 14.7 Å². The van der Waals surface area contributed by atoms with Crippen LogP contribution in [-0.2, 0) is 22.6 Å². The number of ketones is 1. The molecule has 2 aliphatic rings. The van der Waals surface area contributed by atoms with Crippen LogP contribution in [0.5, 0.6) is 0 Å². The van der Waals surface area contributed by atoms with E-state index in [0.29, 0.717) is 53.3 Å². The van der Waals surface area contributed by atoms with E-state index in [1.807, 2.05) is 19.1 Å². The maximum Gasteiger partial charge on any atom is 0.248 e. The lowest BCUT2D eigenvalue weighted by molar-refractivity contribution is -0.138. The van der Waals surface area contributed by atoms with Crippen LogP contribution in [0.25, 0.3) is 22.0 Å². The summed E-state index contributed by atoms with van der Waals surface area (Å²) < 4.78 is 21.0. The third-order valence-corrected chi connectivity index (χ3v) is 9.77. The molecule has 1 aliphatic heterocycles. The van der Waals surface area contributed by atoms with Gasteiger partial charge in [-0.05, 0) is 91.4 Å². The number of anilines is 1. The van der Waals surface area contributed by atoms with Crippen LogP contribution in [0.15, 0.2) is 39.7 Å². The van der Waals surface area contributed by atoms with Gasteiger partial charge >= 0.3 is 0 Å². The molecule has 15 heteroatoms. The maximum atomic E-state index is 14.3. The maximum absolute atomic E-state index is 14.3. The Kier molecular flexibility index (Phi) is 7.68. The van der Waals surface area contributed by atoms with E-state index >= 15 is 0 Å². The summed E-state index contributed by atoms with van der Waals surface area (Å²) in [5.41, 5.74) is 3.30. The highest BCUT2D eigenvalue weighted by Gasteiger charge is 2.67. The molecule has 0 bridgehead atoms. The fourth-order valence-corrected chi connectivity index (χ4v) is 7.18. The molecule has 5 aromatic rings. The number of halogens is 2. The number of rotatable bonds is 8. The van der Waals surface area contributed by atoms with Crippen molar-refractivity contribution in [1.29, 1.82) is 0 Å². The van der Waals surface area contributed by atoms with E-state index in [1.54, 1.807) is 42.7 Å².